The maximum absolute atomic E-state index is 10.7. The largest absolute Gasteiger partial charge is 0.481 e. The predicted molar refractivity (Wildman–Crippen MR) is 75.2 cm³/mol. The molecular weight excluding hydrogens is 242 g/mol. The van der Waals surface area contributed by atoms with Gasteiger partial charge in [-0.1, -0.05) is 13.3 Å². The van der Waals surface area contributed by atoms with Crippen LogP contribution >= 0.6 is 0 Å². The summed E-state index contributed by atoms with van der Waals surface area (Å²) in [4.78, 5) is 19.4. The molecule has 1 rings (SSSR count). The quantitative estimate of drug-likeness (QED) is 0.793. The highest BCUT2D eigenvalue weighted by Gasteiger charge is 2.11. The van der Waals surface area contributed by atoms with Gasteiger partial charge in [0.2, 0.25) is 0 Å². The Hall–Kier alpha value is -1.65. The number of rotatable bonds is 7. The summed E-state index contributed by atoms with van der Waals surface area (Å²) in [6, 6.07) is 0.261. The SMILES string of the molecule is Cc1ncc(NC(C)CCCC(C)C(=O)O)nc1C. The predicted octanol–water partition coefficient (Wildman–Crippen LogP) is 2.78. The van der Waals surface area contributed by atoms with Crippen LogP contribution in [0, 0.1) is 19.8 Å². The number of carbonyl (C=O) groups is 1. The van der Waals surface area contributed by atoms with Crippen LogP contribution in [0.4, 0.5) is 5.82 Å². The van der Waals surface area contributed by atoms with Crippen molar-refractivity contribution in [1.82, 2.24) is 9.97 Å². The van der Waals surface area contributed by atoms with Gasteiger partial charge in [-0.25, -0.2) is 4.98 Å². The van der Waals surface area contributed by atoms with Crippen LogP contribution in [0.1, 0.15) is 44.5 Å². The second-order valence-corrected chi connectivity index (χ2v) is 5.14. The zero-order chi connectivity index (χ0) is 14.4. The summed E-state index contributed by atoms with van der Waals surface area (Å²) in [5.74, 6) is -0.212. The van der Waals surface area contributed by atoms with Crippen LogP contribution in [0.3, 0.4) is 0 Å². The van der Waals surface area contributed by atoms with Gasteiger partial charge in [0.25, 0.3) is 0 Å². The van der Waals surface area contributed by atoms with Crippen LogP contribution in [-0.4, -0.2) is 27.1 Å². The lowest BCUT2D eigenvalue weighted by atomic mass is 10.0. The second kappa shape index (κ2) is 7.07. The number of hydrogen-bond donors (Lipinski definition) is 2. The number of hydrogen-bond acceptors (Lipinski definition) is 4. The molecule has 0 spiro atoms. The number of aromatic nitrogens is 2. The first kappa shape index (κ1) is 15.4. The van der Waals surface area contributed by atoms with Crippen molar-refractivity contribution in [1.29, 1.82) is 0 Å². The highest BCUT2D eigenvalue weighted by Crippen LogP contribution is 2.13. The Morgan fingerprint density at radius 3 is 2.58 bits per heavy atom. The van der Waals surface area contributed by atoms with E-state index in [0.29, 0.717) is 6.42 Å². The average Bonchev–Trinajstić information content (AvgIpc) is 2.33. The van der Waals surface area contributed by atoms with Gasteiger partial charge in [0.15, 0.2) is 0 Å². The highest BCUT2D eigenvalue weighted by atomic mass is 16.4. The molecule has 0 aliphatic heterocycles. The number of aryl methyl sites for hydroxylation is 2. The van der Waals surface area contributed by atoms with E-state index in [0.717, 1.165) is 30.0 Å². The Morgan fingerprint density at radius 2 is 2.00 bits per heavy atom. The van der Waals surface area contributed by atoms with Crippen molar-refractivity contribution in [2.75, 3.05) is 5.32 Å². The number of carboxylic acids is 1. The standard InChI is InChI=1S/C14H23N3O2/c1-9(14(18)19)6-5-7-10(2)16-13-8-15-11(3)12(4)17-13/h8-10H,5-7H2,1-4H3,(H,16,17)(H,18,19). The van der Waals surface area contributed by atoms with Crippen molar-refractivity contribution in [2.45, 2.75) is 53.0 Å². The molecule has 1 aromatic heterocycles. The number of anilines is 1. The van der Waals surface area contributed by atoms with Gasteiger partial charge in [-0.15, -0.1) is 0 Å². The molecule has 0 aromatic carbocycles. The molecule has 0 fully saturated rings. The maximum atomic E-state index is 10.7. The molecule has 0 saturated heterocycles. The van der Waals surface area contributed by atoms with Gasteiger partial charge >= 0.3 is 5.97 Å². The van der Waals surface area contributed by atoms with Gasteiger partial charge in [-0.3, -0.25) is 9.78 Å². The summed E-state index contributed by atoms with van der Waals surface area (Å²) >= 11 is 0. The molecule has 0 radical (unpaired) electrons. The third kappa shape index (κ3) is 5.24. The lowest BCUT2D eigenvalue weighted by Crippen LogP contribution is -2.17. The van der Waals surface area contributed by atoms with Crippen molar-refractivity contribution in [3.8, 4) is 0 Å². The summed E-state index contributed by atoms with van der Waals surface area (Å²) in [6.45, 7) is 7.69. The first-order valence-corrected chi connectivity index (χ1v) is 6.69. The molecule has 0 amide bonds. The zero-order valence-corrected chi connectivity index (χ0v) is 12.1. The zero-order valence-electron chi connectivity index (χ0n) is 12.1. The molecule has 0 saturated carbocycles. The van der Waals surface area contributed by atoms with Crippen LogP contribution in [0.5, 0.6) is 0 Å². The third-order valence-corrected chi connectivity index (χ3v) is 3.28. The van der Waals surface area contributed by atoms with E-state index in [4.69, 9.17) is 5.11 Å². The van der Waals surface area contributed by atoms with Gasteiger partial charge in [-0.05, 0) is 33.6 Å². The Balaban J connectivity index is 2.36. The molecule has 0 aliphatic carbocycles. The van der Waals surface area contributed by atoms with Gasteiger partial charge in [0.05, 0.1) is 23.5 Å². The Kier molecular flexibility index (Phi) is 5.73. The topological polar surface area (TPSA) is 75.1 Å². The Bertz CT molecular complexity index is 435. The van der Waals surface area contributed by atoms with E-state index in [-0.39, 0.29) is 12.0 Å². The van der Waals surface area contributed by atoms with E-state index >= 15 is 0 Å². The fraction of sp³-hybridized carbons (Fsp3) is 0.643. The van der Waals surface area contributed by atoms with Crippen molar-refractivity contribution >= 4 is 11.8 Å². The summed E-state index contributed by atoms with van der Waals surface area (Å²) in [7, 11) is 0. The summed E-state index contributed by atoms with van der Waals surface area (Å²) in [6.07, 6.45) is 4.25. The normalized spacial score (nSPS) is 13.9. The molecule has 5 heteroatoms. The smallest absolute Gasteiger partial charge is 0.306 e. The van der Waals surface area contributed by atoms with Gasteiger partial charge in [0, 0.05) is 6.04 Å². The van der Waals surface area contributed by atoms with Crippen molar-refractivity contribution in [3.05, 3.63) is 17.6 Å². The van der Waals surface area contributed by atoms with E-state index in [2.05, 4.69) is 22.2 Å². The minimum Gasteiger partial charge on any atom is -0.481 e. The summed E-state index contributed by atoms with van der Waals surface area (Å²) < 4.78 is 0. The number of aliphatic carboxylic acids is 1. The fourth-order valence-electron chi connectivity index (χ4n) is 1.79. The van der Waals surface area contributed by atoms with E-state index < -0.39 is 5.97 Å². The minimum atomic E-state index is -0.722. The first-order chi connectivity index (χ1) is 8.90. The number of nitrogens with zero attached hydrogens (tertiary/aromatic N) is 2. The summed E-state index contributed by atoms with van der Waals surface area (Å²) in [5, 5.41) is 12.1. The third-order valence-electron chi connectivity index (χ3n) is 3.28. The first-order valence-electron chi connectivity index (χ1n) is 6.69. The molecule has 2 N–H and O–H groups in total. The van der Waals surface area contributed by atoms with E-state index in [9.17, 15) is 4.79 Å². The van der Waals surface area contributed by atoms with Crippen LogP contribution in [0.2, 0.25) is 0 Å². The Morgan fingerprint density at radius 1 is 1.32 bits per heavy atom. The molecule has 2 atom stereocenters. The Labute approximate surface area is 114 Å². The van der Waals surface area contributed by atoms with Crippen LogP contribution in [0.15, 0.2) is 6.20 Å². The lowest BCUT2D eigenvalue weighted by molar-refractivity contribution is -0.141. The highest BCUT2D eigenvalue weighted by molar-refractivity contribution is 5.69. The van der Waals surface area contributed by atoms with Crippen LogP contribution in [-0.2, 0) is 4.79 Å². The van der Waals surface area contributed by atoms with Crippen LogP contribution < -0.4 is 5.32 Å². The van der Waals surface area contributed by atoms with Crippen molar-refractivity contribution in [3.63, 3.8) is 0 Å². The molecule has 2 unspecified atom stereocenters. The van der Waals surface area contributed by atoms with E-state index in [1.54, 1.807) is 13.1 Å². The molecule has 0 bridgehead atoms. The van der Waals surface area contributed by atoms with Gasteiger partial charge in [-0.2, -0.15) is 0 Å². The minimum absolute atomic E-state index is 0.261. The number of nitrogens with one attached hydrogen (secondary N) is 1. The second-order valence-electron chi connectivity index (χ2n) is 5.14. The molecule has 106 valence electrons. The van der Waals surface area contributed by atoms with Gasteiger partial charge < -0.3 is 10.4 Å². The monoisotopic (exact) mass is 265 g/mol. The summed E-state index contributed by atoms with van der Waals surface area (Å²) in [5.41, 5.74) is 1.87. The van der Waals surface area contributed by atoms with Crippen molar-refractivity contribution in [2.24, 2.45) is 5.92 Å². The number of carboxylic acid groups (broad SMARTS) is 1. The van der Waals surface area contributed by atoms with E-state index in [1.165, 1.54) is 0 Å². The molecule has 19 heavy (non-hydrogen) atoms. The average molecular weight is 265 g/mol. The molecule has 5 nitrogen and oxygen atoms in total. The van der Waals surface area contributed by atoms with Crippen molar-refractivity contribution < 1.29 is 9.90 Å². The molecular formula is C14H23N3O2. The molecule has 0 aliphatic rings. The molecule has 1 heterocycles. The van der Waals surface area contributed by atoms with Crippen LogP contribution in [0.25, 0.3) is 0 Å². The van der Waals surface area contributed by atoms with E-state index in [1.807, 2.05) is 13.8 Å². The van der Waals surface area contributed by atoms with Gasteiger partial charge in [0.1, 0.15) is 5.82 Å². The lowest BCUT2D eigenvalue weighted by Gasteiger charge is -2.15. The fourth-order valence-corrected chi connectivity index (χ4v) is 1.79. The molecule has 1 aromatic rings. The maximum Gasteiger partial charge on any atom is 0.306 e.